The molecule has 0 radical (unpaired) electrons. The molecule has 0 fully saturated rings. The van der Waals surface area contributed by atoms with Gasteiger partial charge in [0.1, 0.15) is 6.04 Å². The molecule has 0 spiro atoms. The number of rotatable bonds is 4. The van der Waals surface area contributed by atoms with Crippen molar-refractivity contribution in [2.24, 2.45) is 5.73 Å². The van der Waals surface area contributed by atoms with Gasteiger partial charge in [0, 0.05) is 5.38 Å². The summed E-state index contributed by atoms with van der Waals surface area (Å²) in [5.41, 5.74) is 7.69. The van der Waals surface area contributed by atoms with Gasteiger partial charge in [-0.3, -0.25) is 4.79 Å². The maximum absolute atomic E-state index is 12.0. The van der Waals surface area contributed by atoms with Crippen LogP contribution in [0.4, 0.5) is 5.13 Å². The lowest BCUT2D eigenvalue weighted by Gasteiger charge is -2.10. The molecule has 2 aromatic rings. The van der Waals surface area contributed by atoms with Gasteiger partial charge in [0.2, 0.25) is 5.91 Å². The monoisotopic (exact) mass is 275 g/mol. The van der Waals surface area contributed by atoms with E-state index in [4.69, 9.17) is 5.73 Å². The third-order valence-corrected chi connectivity index (χ3v) is 3.56. The number of nitrogens with two attached hydrogens (primary N) is 1. The van der Waals surface area contributed by atoms with E-state index in [-0.39, 0.29) is 5.91 Å². The summed E-state index contributed by atoms with van der Waals surface area (Å²) in [5, 5.41) is 5.31. The first-order valence-electron chi connectivity index (χ1n) is 6.14. The number of hydrogen-bond acceptors (Lipinski definition) is 4. The highest BCUT2D eigenvalue weighted by atomic mass is 32.1. The fourth-order valence-electron chi connectivity index (χ4n) is 1.60. The van der Waals surface area contributed by atoms with E-state index in [2.05, 4.69) is 24.1 Å². The fraction of sp³-hybridized carbons (Fsp3) is 0.286. The molecule has 100 valence electrons. The van der Waals surface area contributed by atoms with E-state index in [1.165, 1.54) is 11.3 Å². The van der Waals surface area contributed by atoms with Gasteiger partial charge in [-0.05, 0) is 11.5 Å². The number of carbonyl (C=O) groups excluding carboxylic acids is 1. The Morgan fingerprint density at radius 1 is 1.32 bits per heavy atom. The van der Waals surface area contributed by atoms with Gasteiger partial charge in [-0.25, -0.2) is 4.98 Å². The predicted octanol–water partition coefficient (Wildman–Crippen LogP) is 2.91. The molecular formula is C14H17N3OS. The van der Waals surface area contributed by atoms with E-state index in [0.29, 0.717) is 11.0 Å². The number of hydrogen-bond donors (Lipinski definition) is 2. The van der Waals surface area contributed by atoms with E-state index in [1.54, 1.807) is 0 Å². The molecule has 1 atom stereocenters. The molecule has 3 N–H and O–H groups in total. The van der Waals surface area contributed by atoms with Gasteiger partial charge in [0.05, 0.1) is 5.69 Å². The number of thiazole rings is 1. The summed E-state index contributed by atoms with van der Waals surface area (Å²) in [7, 11) is 0. The van der Waals surface area contributed by atoms with Crippen LogP contribution in [0.3, 0.4) is 0 Å². The molecule has 0 unspecified atom stereocenters. The van der Waals surface area contributed by atoms with Crippen LogP contribution in [-0.2, 0) is 4.79 Å². The standard InChI is InChI=1S/C14H17N3OS/c1-9(2)11-8-19-14(16-11)17-13(18)12(15)10-6-4-3-5-7-10/h3-9,12H,15H2,1-2H3,(H,16,17,18)/t12-/m1/s1. The minimum absolute atomic E-state index is 0.240. The smallest absolute Gasteiger partial charge is 0.247 e. The summed E-state index contributed by atoms with van der Waals surface area (Å²) in [4.78, 5) is 16.4. The molecule has 19 heavy (non-hydrogen) atoms. The van der Waals surface area contributed by atoms with Crippen molar-refractivity contribution in [2.75, 3.05) is 5.32 Å². The zero-order chi connectivity index (χ0) is 13.8. The maximum atomic E-state index is 12.0. The van der Waals surface area contributed by atoms with E-state index >= 15 is 0 Å². The largest absolute Gasteiger partial charge is 0.316 e. The molecule has 1 amide bonds. The topological polar surface area (TPSA) is 68.0 Å². The van der Waals surface area contributed by atoms with Gasteiger partial charge in [-0.1, -0.05) is 44.2 Å². The van der Waals surface area contributed by atoms with Crippen molar-refractivity contribution in [3.05, 3.63) is 47.0 Å². The maximum Gasteiger partial charge on any atom is 0.247 e. The molecule has 1 aromatic heterocycles. The second-order valence-electron chi connectivity index (χ2n) is 4.61. The second-order valence-corrected chi connectivity index (χ2v) is 5.47. The van der Waals surface area contributed by atoms with Crippen molar-refractivity contribution in [2.45, 2.75) is 25.8 Å². The van der Waals surface area contributed by atoms with Crippen molar-refractivity contribution in [1.82, 2.24) is 4.98 Å². The van der Waals surface area contributed by atoms with Gasteiger partial charge >= 0.3 is 0 Å². The molecule has 2 rings (SSSR count). The molecule has 0 aliphatic rings. The van der Waals surface area contributed by atoms with E-state index in [9.17, 15) is 4.79 Å². The summed E-state index contributed by atoms with van der Waals surface area (Å²) in [5.74, 6) is 0.112. The van der Waals surface area contributed by atoms with Crippen LogP contribution in [0.1, 0.15) is 37.1 Å². The van der Waals surface area contributed by atoms with Gasteiger partial charge in [-0.15, -0.1) is 11.3 Å². The van der Waals surface area contributed by atoms with Gasteiger partial charge in [-0.2, -0.15) is 0 Å². The van der Waals surface area contributed by atoms with Crippen molar-refractivity contribution < 1.29 is 4.79 Å². The minimum atomic E-state index is -0.674. The quantitative estimate of drug-likeness (QED) is 0.901. The van der Waals surface area contributed by atoms with Crippen LogP contribution in [0.15, 0.2) is 35.7 Å². The Hall–Kier alpha value is -1.72. The van der Waals surface area contributed by atoms with E-state index in [0.717, 1.165) is 11.3 Å². The first kappa shape index (κ1) is 13.7. The molecule has 5 heteroatoms. The Bertz CT molecular complexity index is 551. The first-order chi connectivity index (χ1) is 9.08. The Labute approximate surface area is 116 Å². The number of nitrogens with one attached hydrogen (secondary N) is 1. The molecule has 1 aromatic carbocycles. The lowest BCUT2D eigenvalue weighted by atomic mass is 10.1. The summed E-state index contributed by atoms with van der Waals surface area (Å²) in [6, 6.07) is 8.62. The Morgan fingerprint density at radius 2 is 2.00 bits per heavy atom. The molecule has 0 aliphatic carbocycles. The summed E-state index contributed by atoms with van der Waals surface area (Å²) in [6.45, 7) is 4.13. The van der Waals surface area contributed by atoms with Gasteiger partial charge < -0.3 is 11.1 Å². The third-order valence-electron chi connectivity index (χ3n) is 2.78. The lowest BCUT2D eigenvalue weighted by Crippen LogP contribution is -2.27. The van der Waals surface area contributed by atoms with Crippen molar-refractivity contribution >= 4 is 22.4 Å². The fourth-order valence-corrected chi connectivity index (χ4v) is 2.48. The normalized spacial score (nSPS) is 12.4. The van der Waals surface area contributed by atoms with Gasteiger partial charge in [0.25, 0.3) is 0 Å². The predicted molar refractivity (Wildman–Crippen MR) is 78.2 cm³/mol. The Kier molecular flexibility index (Phi) is 4.29. The van der Waals surface area contributed by atoms with Crippen molar-refractivity contribution in [1.29, 1.82) is 0 Å². The molecule has 0 saturated carbocycles. The lowest BCUT2D eigenvalue weighted by molar-refractivity contribution is -0.117. The average Bonchev–Trinajstić information content (AvgIpc) is 2.87. The summed E-state index contributed by atoms with van der Waals surface area (Å²) in [6.07, 6.45) is 0. The second kappa shape index (κ2) is 5.95. The highest BCUT2D eigenvalue weighted by Gasteiger charge is 2.17. The molecular weight excluding hydrogens is 258 g/mol. The van der Waals surface area contributed by atoms with Crippen LogP contribution in [0, 0.1) is 0 Å². The number of amides is 1. The van der Waals surface area contributed by atoms with Crippen molar-refractivity contribution in [3.8, 4) is 0 Å². The number of carbonyl (C=O) groups is 1. The van der Waals surface area contributed by atoms with Crippen LogP contribution >= 0.6 is 11.3 Å². The Balaban J connectivity index is 2.04. The van der Waals surface area contributed by atoms with Crippen LogP contribution in [-0.4, -0.2) is 10.9 Å². The highest BCUT2D eigenvalue weighted by Crippen LogP contribution is 2.22. The van der Waals surface area contributed by atoms with Crippen LogP contribution < -0.4 is 11.1 Å². The van der Waals surface area contributed by atoms with Crippen molar-refractivity contribution in [3.63, 3.8) is 0 Å². The van der Waals surface area contributed by atoms with Crippen LogP contribution in [0.5, 0.6) is 0 Å². The Morgan fingerprint density at radius 3 is 2.58 bits per heavy atom. The average molecular weight is 275 g/mol. The first-order valence-corrected chi connectivity index (χ1v) is 7.02. The SMILES string of the molecule is CC(C)c1csc(NC(=O)[C@H](N)c2ccccc2)n1. The van der Waals surface area contributed by atoms with E-state index in [1.807, 2.05) is 35.7 Å². The highest BCUT2D eigenvalue weighted by molar-refractivity contribution is 7.13. The molecule has 1 heterocycles. The van der Waals surface area contributed by atoms with E-state index < -0.39 is 6.04 Å². The zero-order valence-electron chi connectivity index (χ0n) is 11.0. The summed E-state index contributed by atoms with van der Waals surface area (Å²) < 4.78 is 0. The number of anilines is 1. The molecule has 0 bridgehead atoms. The minimum Gasteiger partial charge on any atom is -0.316 e. The van der Waals surface area contributed by atoms with Crippen LogP contribution in [0.2, 0.25) is 0 Å². The van der Waals surface area contributed by atoms with Gasteiger partial charge in [0.15, 0.2) is 5.13 Å². The number of benzene rings is 1. The number of nitrogens with zero attached hydrogens (tertiary/aromatic N) is 1. The third kappa shape index (κ3) is 3.39. The number of aromatic nitrogens is 1. The molecule has 4 nitrogen and oxygen atoms in total. The van der Waals surface area contributed by atoms with Crippen LogP contribution in [0.25, 0.3) is 0 Å². The zero-order valence-corrected chi connectivity index (χ0v) is 11.8. The molecule has 0 saturated heterocycles. The summed E-state index contributed by atoms with van der Waals surface area (Å²) >= 11 is 1.42. The molecule has 0 aliphatic heterocycles.